The van der Waals surface area contributed by atoms with E-state index >= 15 is 0 Å². The second kappa shape index (κ2) is 7.33. The van der Waals surface area contributed by atoms with E-state index in [0.29, 0.717) is 24.7 Å². The molecule has 2 atom stereocenters. The number of rotatable bonds is 4. The van der Waals surface area contributed by atoms with Crippen LogP contribution in [0.3, 0.4) is 0 Å². The Labute approximate surface area is 160 Å². The molecule has 2 fully saturated rings. The maximum absolute atomic E-state index is 14.5. The lowest BCUT2D eigenvalue weighted by molar-refractivity contribution is 0.0354. The van der Waals surface area contributed by atoms with E-state index < -0.39 is 34.7 Å². The predicted molar refractivity (Wildman–Crippen MR) is 93.7 cm³/mol. The maximum atomic E-state index is 14.5. The molecule has 0 N–H and O–H groups in total. The third-order valence-electron chi connectivity index (χ3n) is 5.43. The van der Waals surface area contributed by atoms with E-state index in [1.165, 1.54) is 0 Å². The fraction of sp³-hybridized carbons (Fsp3) is 0.400. The highest BCUT2D eigenvalue weighted by Crippen LogP contribution is 2.39. The van der Waals surface area contributed by atoms with Crippen molar-refractivity contribution in [2.24, 2.45) is 0 Å². The Bertz CT molecular complexity index is 880. The zero-order valence-electron chi connectivity index (χ0n) is 15.2. The molecule has 4 rings (SSSR count). The molecule has 148 valence electrons. The van der Waals surface area contributed by atoms with Crippen LogP contribution in [0.15, 0.2) is 30.6 Å². The number of methoxy groups -OCH3 is 1. The number of halogens is 3. The smallest absolute Gasteiger partial charge is 0.257 e. The molecule has 28 heavy (non-hydrogen) atoms. The van der Waals surface area contributed by atoms with Gasteiger partial charge in [-0.15, -0.1) is 0 Å². The number of carbonyl (C=O) groups is 1. The molecule has 2 bridgehead atoms. The number of amides is 1. The minimum Gasteiger partial charge on any atom is -0.491 e. The number of hydrogen-bond acceptors (Lipinski definition) is 4. The minimum absolute atomic E-state index is 0.0757. The van der Waals surface area contributed by atoms with Gasteiger partial charge in [-0.25, -0.2) is 8.78 Å². The first kappa shape index (κ1) is 18.6. The molecule has 0 saturated carbocycles. The Balaban J connectivity index is 1.55. The summed E-state index contributed by atoms with van der Waals surface area (Å²) in [4.78, 5) is 18.5. The number of benzene rings is 1. The van der Waals surface area contributed by atoms with Gasteiger partial charge in [-0.2, -0.15) is 4.39 Å². The van der Waals surface area contributed by atoms with Crippen LogP contribution in [-0.4, -0.2) is 41.1 Å². The number of piperidine rings is 1. The highest BCUT2D eigenvalue weighted by atomic mass is 19.2. The van der Waals surface area contributed by atoms with E-state index in [0.717, 1.165) is 20.0 Å². The van der Waals surface area contributed by atoms with Gasteiger partial charge in [0.25, 0.3) is 5.91 Å². The standard InChI is InChI=1S/C20H19F3N2O3/c1-27-19-17(22)15(10-16(21)18(19)23)20(26)25-11-2-3-12(25)9-14(8-11)28-13-4-6-24-7-5-13/h4-7,10-12,14H,2-3,8-9H2,1H3. The van der Waals surface area contributed by atoms with Crippen molar-refractivity contribution in [3.05, 3.63) is 53.6 Å². The molecular formula is C20H19F3N2O3. The maximum Gasteiger partial charge on any atom is 0.257 e. The van der Waals surface area contributed by atoms with Crippen LogP contribution in [0, 0.1) is 17.5 Å². The van der Waals surface area contributed by atoms with Crippen molar-refractivity contribution >= 4 is 5.91 Å². The Hall–Kier alpha value is -2.77. The molecule has 2 aliphatic rings. The lowest BCUT2D eigenvalue weighted by atomic mass is 9.98. The summed E-state index contributed by atoms with van der Waals surface area (Å²) in [5.74, 6) is -4.76. The molecule has 1 aromatic carbocycles. The summed E-state index contributed by atoms with van der Waals surface area (Å²) in [7, 11) is 1.03. The topological polar surface area (TPSA) is 51.7 Å². The number of hydrogen-bond donors (Lipinski definition) is 0. The summed E-state index contributed by atoms with van der Waals surface area (Å²) in [6.07, 6.45) is 5.90. The van der Waals surface area contributed by atoms with Gasteiger partial charge in [0, 0.05) is 37.3 Å². The van der Waals surface area contributed by atoms with Crippen LogP contribution in [0.2, 0.25) is 0 Å². The van der Waals surface area contributed by atoms with Crippen LogP contribution in [0.1, 0.15) is 36.0 Å². The van der Waals surface area contributed by atoms with E-state index in [-0.39, 0.29) is 18.2 Å². The quantitative estimate of drug-likeness (QED) is 0.745. The van der Waals surface area contributed by atoms with Gasteiger partial charge in [-0.1, -0.05) is 0 Å². The lowest BCUT2D eigenvalue weighted by Gasteiger charge is -2.39. The summed E-state index contributed by atoms with van der Waals surface area (Å²) in [6, 6.07) is 3.85. The van der Waals surface area contributed by atoms with Crippen molar-refractivity contribution in [3.8, 4) is 11.5 Å². The van der Waals surface area contributed by atoms with E-state index in [2.05, 4.69) is 9.72 Å². The average molecular weight is 392 g/mol. The monoisotopic (exact) mass is 392 g/mol. The van der Waals surface area contributed by atoms with Crippen molar-refractivity contribution in [1.82, 2.24) is 9.88 Å². The summed E-state index contributed by atoms with van der Waals surface area (Å²) in [5, 5.41) is 0. The molecule has 2 saturated heterocycles. The van der Waals surface area contributed by atoms with E-state index in [1.807, 2.05) is 0 Å². The first-order valence-electron chi connectivity index (χ1n) is 9.10. The highest BCUT2D eigenvalue weighted by molar-refractivity contribution is 5.95. The number of pyridine rings is 1. The van der Waals surface area contributed by atoms with Gasteiger partial charge in [-0.05, 0) is 31.0 Å². The van der Waals surface area contributed by atoms with Crippen molar-refractivity contribution in [1.29, 1.82) is 0 Å². The molecule has 2 aliphatic heterocycles. The summed E-state index contributed by atoms with van der Waals surface area (Å²) in [5.41, 5.74) is -0.513. The normalized spacial score (nSPS) is 23.6. The molecule has 1 amide bonds. The van der Waals surface area contributed by atoms with Crippen LogP contribution in [0.25, 0.3) is 0 Å². The highest BCUT2D eigenvalue weighted by Gasteiger charge is 2.45. The summed E-state index contributed by atoms with van der Waals surface area (Å²) < 4.78 is 52.7. The zero-order valence-corrected chi connectivity index (χ0v) is 15.2. The Morgan fingerprint density at radius 1 is 1.11 bits per heavy atom. The van der Waals surface area contributed by atoms with Gasteiger partial charge in [-0.3, -0.25) is 9.78 Å². The van der Waals surface area contributed by atoms with Gasteiger partial charge >= 0.3 is 0 Å². The first-order chi connectivity index (χ1) is 13.5. The molecule has 2 aromatic rings. The Morgan fingerprint density at radius 2 is 1.75 bits per heavy atom. The summed E-state index contributed by atoms with van der Waals surface area (Å²) in [6.45, 7) is 0. The van der Waals surface area contributed by atoms with Gasteiger partial charge in [0.2, 0.25) is 5.82 Å². The second-order valence-corrected chi connectivity index (χ2v) is 7.06. The van der Waals surface area contributed by atoms with Crippen molar-refractivity contribution in [3.63, 3.8) is 0 Å². The Morgan fingerprint density at radius 3 is 2.36 bits per heavy atom. The van der Waals surface area contributed by atoms with E-state index in [4.69, 9.17) is 4.74 Å². The zero-order chi connectivity index (χ0) is 19.8. The van der Waals surface area contributed by atoms with Crippen molar-refractivity contribution in [2.75, 3.05) is 7.11 Å². The van der Waals surface area contributed by atoms with Crippen LogP contribution in [0.4, 0.5) is 13.2 Å². The largest absolute Gasteiger partial charge is 0.491 e. The molecule has 0 aliphatic carbocycles. The fourth-order valence-corrected chi connectivity index (χ4v) is 4.22. The van der Waals surface area contributed by atoms with Crippen LogP contribution in [-0.2, 0) is 0 Å². The molecule has 0 spiro atoms. The third kappa shape index (κ3) is 3.16. The first-order valence-corrected chi connectivity index (χ1v) is 9.10. The molecular weight excluding hydrogens is 373 g/mol. The number of aromatic nitrogens is 1. The molecule has 0 radical (unpaired) electrons. The third-order valence-corrected chi connectivity index (χ3v) is 5.43. The Kier molecular flexibility index (Phi) is 4.87. The molecule has 1 aromatic heterocycles. The molecule has 2 unspecified atom stereocenters. The van der Waals surface area contributed by atoms with E-state index in [9.17, 15) is 18.0 Å². The molecule has 3 heterocycles. The van der Waals surface area contributed by atoms with Gasteiger partial charge < -0.3 is 14.4 Å². The SMILES string of the molecule is COc1c(F)c(F)cc(C(=O)N2C3CCC2CC(Oc2ccncc2)C3)c1F. The van der Waals surface area contributed by atoms with E-state index in [1.54, 1.807) is 29.4 Å². The molecule has 8 heteroatoms. The van der Waals surface area contributed by atoms with Crippen molar-refractivity contribution in [2.45, 2.75) is 43.9 Å². The molecule has 5 nitrogen and oxygen atoms in total. The van der Waals surface area contributed by atoms with Crippen molar-refractivity contribution < 1.29 is 27.4 Å². The van der Waals surface area contributed by atoms with Crippen LogP contribution >= 0.6 is 0 Å². The lowest BCUT2D eigenvalue weighted by Crippen LogP contribution is -2.49. The number of fused-ring (bicyclic) bond motifs is 2. The average Bonchev–Trinajstić information content (AvgIpc) is 2.96. The van der Waals surface area contributed by atoms with Gasteiger partial charge in [0.15, 0.2) is 17.4 Å². The predicted octanol–water partition coefficient (Wildman–Crippen LogP) is 3.72. The summed E-state index contributed by atoms with van der Waals surface area (Å²) >= 11 is 0. The minimum atomic E-state index is -1.44. The van der Waals surface area contributed by atoms with Crippen LogP contribution in [0.5, 0.6) is 11.5 Å². The van der Waals surface area contributed by atoms with Gasteiger partial charge in [0.1, 0.15) is 11.9 Å². The second-order valence-electron chi connectivity index (χ2n) is 7.06. The number of ether oxygens (including phenoxy) is 2. The van der Waals surface area contributed by atoms with Crippen LogP contribution < -0.4 is 9.47 Å². The fourth-order valence-electron chi connectivity index (χ4n) is 4.22. The number of carbonyl (C=O) groups excluding carboxylic acids is 1. The van der Waals surface area contributed by atoms with Gasteiger partial charge in [0.05, 0.1) is 12.7 Å². The number of nitrogens with zero attached hydrogens (tertiary/aromatic N) is 2.